The smallest absolute Gasteiger partial charge is 0.185 e. The third-order valence-electron chi connectivity index (χ3n) is 2.43. The highest BCUT2D eigenvalue weighted by atomic mass is 79.9. The minimum atomic E-state index is -0.0328. The minimum absolute atomic E-state index is 0.0328. The predicted octanol–water partition coefficient (Wildman–Crippen LogP) is 5.00. The lowest BCUT2D eigenvalue weighted by atomic mass is 10.1. The molecule has 2 aromatic carbocycles. The van der Waals surface area contributed by atoms with Crippen molar-refractivity contribution >= 4 is 39.4 Å². The number of ketones is 1. The van der Waals surface area contributed by atoms with Crippen molar-refractivity contribution in [3.05, 3.63) is 75.2 Å². The molecule has 0 spiro atoms. The Labute approximate surface area is 119 Å². The van der Waals surface area contributed by atoms with Gasteiger partial charge in [-0.2, -0.15) is 0 Å². The van der Waals surface area contributed by atoms with Crippen LogP contribution in [0, 0.1) is 0 Å². The van der Waals surface area contributed by atoms with Gasteiger partial charge in [0.15, 0.2) is 5.78 Å². The second-order valence-corrected chi connectivity index (χ2v) is 5.11. The van der Waals surface area contributed by atoms with E-state index in [0.29, 0.717) is 10.6 Å². The molecule has 0 aliphatic rings. The van der Waals surface area contributed by atoms with E-state index in [0.717, 1.165) is 10.0 Å². The van der Waals surface area contributed by atoms with Crippen LogP contribution in [0.5, 0.6) is 0 Å². The molecular weight excluding hydrogens is 312 g/mol. The summed E-state index contributed by atoms with van der Waals surface area (Å²) in [6.45, 7) is 0. The molecule has 0 heterocycles. The molecule has 3 heteroatoms. The van der Waals surface area contributed by atoms with E-state index in [2.05, 4.69) is 15.9 Å². The van der Waals surface area contributed by atoms with E-state index in [-0.39, 0.29) is 5.78 Å². The van der Waals surface area contributed by atoms with Crippen molar-refractivity contribution in [3.63, 3.8) is 0 Å². The van der Waals surface area contributed by atoms with Crippen LogP contribution in [0.25, 0.3) is 6.08 Å². The van der Waals surface area contributed by atoms with Crippen molar-refractivity contribution in [1.82, 2.24) is 0 Å². The zero-order valence-electron chi connectivity index (χ0n) is 9.44. The lowest BCUT2D eigenvalue weighted by Crippen LogP contribution is -1.92. The van der Waals surface area contributed by atoms with Gasteiger partial charge in [-0.1, -0.05) is 45.7 Å². The van der Waals surface area contributed by atoms with Crippen LogP contribution in [0.2, 0.25) is 5.02 Å². The van der Waals surface area contributed by atoms with Gasteiger partial charge in [-0.3, -0.25) is 4.79 Å². The Bertz CT molecular complexity index is 570. The van der Waals surface area contributed by atoms with E-state index in [1.165, 1.54) is 0 Å². The van der Waals surface area contributed by atoms with E-state index in [1.54, 1.807) is 36.4 Å². The summed E-state index contributed by atoms with van der Waals surface area (Å²) in [6.07, 6.45) is 3.36. The molecule has 0 radical (unpaired) electrons. The molecule has 1 nitrogen and oxygen atoms in total. The molecule has 0 saturated carbocycles. The highest BCUT2D eigenvalue weighted by Crippen LogP contribution is 2.13. The Morgan fingerprint density at radius 3 is 2.22 bits per heavy atom. The maximum Gasteiger partial charge on any atom is 0.185 e. The summed E-state index contributed by atoms with van der Waals surface area (Å²) in [5.74, 6) is -0.0328. The fourth-order valence-corrected chi connectivity index (χ4v) is 1.85. The highest BCUT2D eigenvalue weighted by Gasteiger charge is 2.00. The summed E-state index contributed by atoms with van der Waals surface area (Å²) < 4.78 is 1.02. The van der Waals surface area contributed by atoms with Gasteiger partial charge in [-0.15, -0.1) is 0 Å². The topological polar surface area (TPSA) is 17.1 Å². The zero-order valence-corrected chi connectivity index (χ0v) is 11.8. The van der Waals surface area contributed by atoms with Crippen LogP contribution in [0.15, 0.2) is 59.1 Å². The molecule has 0 fully saturated rings. The molecule has 90 valence electrons. The van der Waals surface area contributed by atoms with Crippen molar-refractivity contribution in [1.29, 1.82) is 0 Å². The van der Waals surface area contributed by atoms with Crippen molar-refractivity contribution in [2.45, 2.75) is 0 Å². The van der Waals surface area contributed by atoms with E-state index in [1.807, 2.05) is 24.3 Å². The number of carbonyl (C=O) groups is 1. The Morgan fingerprint density at radius 1 is 1.00 bits per heavy atom. The molecule has 18 heavy (non-hydrogen) atoms. The summed E-state index contributed by atoms with van der Waals surface area (Å²) in [6, 6.07) is 14.6. The first-order valence-electron chi connectivity index (χ1n) is 5.39. The second kappa shape index (κ2) is 5.98. The number of benzene rings is 2. The first-order valence-corrected chi connectivity index (χ1v) is 6.56. The van der Waals surface area contributed by atoms with Gasteiger partial charge in [0, 0.05) is 15.1 Å². The normalized spacial score (nSPS) is 10.8. The maximum atomic E-state index is 11.9. The molecule has 0 atom stereocenters. The molecule has 0 unspecified atom stereocenters. The van der Waals surface area contributed by atoms with Crippen LogP contribution in [0.4, 0.5) is 0 Å². The third-order valence-corrected chi connectivity index (χ3v) is 3.21. The van der Waals surface area contributed by atoms with Crippen LogP contribution in [-0.4, -0.2) is 5.78 Å². The summed E-state index contributed by atoms with van der Waals surface area (Å²) in [5.41, 5.74) is 1.62. The number of hydrogen-bond donors (Lipinski definition) is 0. The fourth-order valence-electron chi connectivity index (χ4n) is 1.46. The number of hydrogen-bond acceptors (Lipinski definition) is 1. The predicted molar refractivity (Wildman–Crippen MR) is 79.0 cm³/mol. The molecular formula is C15H10BrClO. The number of halogens is 2. The van der Waals surface area contributed by atoms with E-state index in [4.69, 9.17) is 11.6 Å². The van der Waals surface area contributed by atoms with Gasteiger partial charge in [0.1, 0.15) is 0 Å². The second-order valence-electron chi connectivity index (χ2n) is 3.76. The standard InChI is InChI=1S/C15H10BrClO/c16-13-6-1-11(2-7-13)3-10-15(18)12-4-8-14(17)9-5-12/h1-10H. The quantitative estimate of drug-likeness (QED) is 0.574. The monoisotopic (exact) mass is 320 g/mol. The van der Waals surface area contributed by atoms with E-state index < -0.39 is 0 Å². The molecule has 0 aromatic heterocycles. The Morgan fingerprint density at radius 2 is 1.61 bits per heavy atom. The molecule has 0 saturated heterocycles. The van der Waals surface area contributed by atoms with Gasteiger partial charge in [-0.25, -0.2) is 0 Å². The molecule has 2 aromatic rings. The fraction of sp³-hybridized carbons (Fsp3) is 0. The van der Waals surface area contributed by atoms with Crippen molar-refractivity contribution in [2.75, 3.05) is 0 Å². The van der Waals surface area contributed by atoms with Crippen molar-refractivity contribution in [2.24, 2.45) is 0 Å². The lowest BCUT2D eigenvalue weighted by Gasteiger charge is -1.96. The van der Waals surface area contributed by atoms with Crippen molar-refractivity contribution in [3.8, 4) is 0 Å². The lowest BCUT2D eigenvalue weighted by molar-refractivity contribution is 0.104. The van der Waals surface area contributed by atoms with Gasteiger partial charge in [0.25, 0.3) is 0 Å². The summed E-state index contributed by atoms with van der Waals surface area (Å²) in [7, 11) is 0. The number of allylic oxidation sites excluding steroid dienone is 1. The largest absolute Gasteiger partial charge is 0.289 e. The average Bonchev–Trinajstić information content (AvgIpc) is 2.38. The van der Waals surface area contributed by atoms with Gasteiger partial charge >= 0.3 is 0 Å². The SMILES string of the molecule is O=C(C=Cc1ccc(Br)cc1)c1ccc(Cl)cc1. The minimum Gasteiger partial charge on any atom is -0.289 e. The number of carbonyl (C=O) groups excluding carboxylic acids is 1. The van der Waals surface area contributed by atoms with Gasteiger partial charge in [0.2, 0.25) is 0 Å². The molecule has 0 aliphatic heterocycles. The van der Waals surface area contributed by atoms with Gasteiger partial charge in [0.05, 0.1) is 0 Å². The van der Waals surface area contributed by atoms with Crippen LogP contribution in [0.3, 0.4) is 0 Å². The Hall–Kier alpha value is -1.38. The van der Waals surface area contributed by atoms with Crippen LogP contribution >= 0.6 is 27.5 Å². The third kappa shape index (κ3) is 3.56. The summed E-state index contributed by atoms with van der Waals surface area (Å²) in [5, 5.41) is 0.628. The van der Waals surface area contributed by atoms with Gasteiger partial charge < -0.3 is 0 Å². The maximum absolute atomic E-state index is 11.9. The van der Waals surface area contributed by atoms with Crippen LogP contribution in [-0.2, 0) is 0 Å². The Kier molecular flexibility index (Phi) is 4.34. The molecule has 0 amide bonds. The van der Waals surface area contributed by atoms with Crippen LogP contribution in [0.1, 0.15) is 15.9 Å². The van der Waals surface area contributed by atoms with Crippen LogP contribution < -0.4 is 0 Å². The van der Waals surface area contributed by atoms with Crippen molar-refractivity contribution < 1.29 is 4.79 Å². The first-order chi connectivity index (χ1) is 8.65. The Balaban J connectivity index is 2.11. The molecule has 0 bridgehead atoms. The first kappa shape index (κ1) is 13.1. The molecule has 0 aliphatic carbocycles. The zero-order chi connectivity index (χ0) is 13.0. The van der Waals surface area contributed by atoms with E-state index >= 15 is 0 Å². The highest BCUT2D eigenvalue weighted by molar-refractivity contribution is 9.10. The average molecular weight is 322 g/mol. The van der Waals surface area contributed by atoms with E-state index in [9.17, 15) is 4.79 Å². The number of rotatable bonds is 3. The van der Waals surface area contributed by atoms with Gasteiger partial charge in [-0.05, 0) is 48.0 Å². The summed E-state index contributed by atoms with van der Waals surface area (Å²) in [4.78, 5) is 11.9. The molecule has 0 N–H and O–H groups in total. The summed E-state index contributed by atoms with van der Waals surface area (Å²) >= 11 is 9.14. The molecule has 2 rings (SSSR count).